The summed E-state index contributed by atoms with van der Waals surface area (Å²) in [6.07, 6.45) is 0. The van der Waals surface area contributed by atoms with Gasteiger partial charge in [0.2, 0.25) is 0 Å². The van der Waals surface area contributed by atoms with Crippen LogP contribution in [0.5, 0.6) is 5.75 Å². The number of hydrogen-bond donors (Lipinski definition) is 0. The van der Waals surface area contributed by atoms with Gasteiger partial charge in [0.15, 0.2) is 5.78 Å². The van der Waals surface area contributed by atoms with Gasteiger partial charge in [-0.1, -0.05) is 12.1 Å². The van der Waals surface area contributed by atoms with E-state index in [1.807, 2.05) is 12.1 Å². The topological polar surface area (TPSA) is 26.3 Å². The van der Waals surface area contributed by atoms with E-state index in [2.05, 4.69) is 0 Å². The van der Waals surface area contributed by atoms with Crippen molar-refractivity contribution < 1.29 is 18.3 Å². The molecule has 3 aromatic carbocycles. The Bertz CT molecular complexity index is 1130. The van der Waals surface area contributed by atoms with E-state index in [-0.39, 0.29) is 11.6 Å². The molecule has 0 fully saturated rings. The van der Waals surface area contributed by atoms with Gasteiger partial charge < -0.3 is 4.74 Å². The maximum Gasteiger partial charge on any atom is 0.195 e. The number of ketones is 1. The van der Waals surface area contributed by atoms with Crippen molar-refractivity contribution >= 4 is 27.2 Å². The average molecular weight is 380 g/mol. The van der Waals surface area contributed by atoms with Crippen LogP contribution in [-0.4, -0.2) is 12.9 Å². The normalized spacial score (nSPS) is 10.9. The summed E-state index contributed by atoms with van der Waals surface area (Å²) in [5.41, 5.74) is 1.67. The molecule has 0 saturated heterocycles. The van der Waals surface area contributed by atoms with Gasteiger partial charge >= 0.3 is 0 Å². The zero-order valence-electron chi connectivity index (χ0n) is 14.3. The Labute approximate surface area is 158 Å². The number of methoxy groups -OCH3 is 1. The minimum absolute atomic E-state index is 0.203. The summed E-state index contributed by atoms with van der Waals surface area (Å²) < 4.78 is 32.8. The minimum atomic E-state index is -0.398. The van der Waals surface area contributed by atoms with Gasteiger partial charge in [0.1, 0.15) is 17.4 Å². The lowest BCUT2D eigenvalue weighted by molar-refractivity contribution is 0.104. The number of ether oxygens (including phenoxy) is 1. The van der Waals surface area contributed by atoms with E-state index < -0.39 is 5.82 Å². The van der Waals surface area contributed by atoms with E-state index in [9.17, 15) is 13.6 Å². The minimum Gasteiger partial charge on any atom is -0.497 e. The quantitative estimate of drug-likeness (QED) is 0.401. The second kappa shape index (κ2) is 6.93. The number of carbonyl (C=O) groups is 1. The fourth-order valence-electron chi connectivity index (χ4n) is 2.98. The lowest BCUT2D eigenvalue weighted by atomic mass is 9.97. The van der Waals surface area contributed by atoms with Gasteiger partial charge in [-0.05, 0) is 60.2 Å². The van der Waals surface area contributed by atoms with Crippen LogP contribution in [0.4, 0.5) is 8.78 Å². The van der Waals surface area contributed by atoms with Gasteiger partial charge in [-0.3, -0.25) is 4.79 Å². The molecule has 0 spiro atoms. The van der Waals surface area contributed by atoms with Crippen LogP contribution in [0.25, 0.3) is 20.5 Å². The van der Waals surface area contributed by atoms with Gasteiger partial charge in [0.25, 0.3) is 0 Å². The molecular weight excluding hydrogens is 366 g/mol. The van der Waals surface area contributed by atoms with Crippen molar-refractivity contribution in [3.63, 3.8) is 0 Å². The predicted molar refractivity (Wildman–Crippen MR) is 104 cm³/mol. The maximum atomic E-state index is 13.4. The van der Waals surface area contributed by atoms with E-state index >= 15 is 0 Å². The zero-order chi connectivity index (χ0) is 19.0. The molecule has 0 atom stereocenters. The van der Waals surface area contributed by atoms with Gasteiger partial charge in [0.05, 0.1) is 7.11 Å². The molecule has 0 saturated carbocycles. The Morgan fingerprint density at radius 2 is 1.52 bits per heavy atom. The molecule has 1 heterocycles. The molecule has 0 aliphatic carbocycles. The Hall–Kier alpha value is -3.05. The second-order valence-corrected chi connectivity index (χ2v) is 7.06. The van der Waals surface area contributed by atoms with Crippen LogP contribution in [0, 0.1) is 11.6 Å². The third kappa shape index (κ3) is 3.22. The summed E-state index contributed by atoms with van der Waals surface area (Å²) in [5.74, 6) is -0.251. The highest BCUT2D eigenvalue weighted by Crippen LogP contribution is 2.41. The lowest BCUT2D eigenvalue weighted by Crippen LogP contribution is -2.02. The summed E-state index contributed by atoms with van der Waals surface area (Å²) in [5, 5.41) is 0.787. The molecule has 0 aliphatic rings. The van der Waals surface area contributed by atoms with E-state index in [0.29, 0.717) is 16.9 Å². The number of carbonyl (C=O) groups excluding carboxylic acids is 1. The van der Waals surface area contributed by atoms with Gasteiger partial charge in [0, 0.05) is 26.1 Å². The SMILES string of the molecule is COc1ccc2c(C(=O)c3ccc(F)cc3)c(-c3ccc(F)cc3)sc2c1. The van der Waals surface area contributed by atoms with E-state index in [1.165, 1.54) is 47.7 Å². The molecule has 0 aliphatic heterocycles. The highest BCUT2D eigenvalue weighted by Gasteiger charge is 2.22. The number of hydrogen-bond acceptors (Lipinski definition) is 3. The standard InChI is InChI=1S/C22H14F2O2S/c1-26-17-10-11-18-19(12-17)27-22(14-4-8-16(24)9-5-14)20(18)21(25)13-2-6-15(23)7-3-13/h2-12H,1H3. The van der Waals surface area contributed by atoms with Crippen LogP contribution in [0.1, 0.15) is 15.9 Å². The van der Waals surface area contributed by atoms with Gasteiger partial charge in [-0.25, -0.2) is 8.78 Å². The summed E-state index contributed by atoms with van der Waals surface area (Å²) in [4.78, 5) is 14.0. The second-order valence-electron chi connectivity index (χ2n) is 6.01. The molecule has 0 unspecified atom stereocenters. The largest absolute Gasteiger partial charge is 0.497 e. The molecule has 27 heavy (non-hydrogen) atoms. The molecule has 134 valence electrons. The Balaban J connectivity index is 1.95. The van der Waals surface area contributed by atoms with Gasteiger partial charge in [-0.15, -0.1) is 11.3 Å². The molecule has 4 aromatic rings. The third-order valence-electron chi connectivity index (χ3n) is 4.34. The zero-order valence-corrected chi connectivity index (χ0v) is 15.1. The first-order valence-corrected chi connectivity index (χ1v) is 9.05. The summed E-state index contributed by atoms with van der Waals surface area (Å²) in [6, 6.07) is 17.0. The first-order chi connectivity index (χ1) is 13.1. The van der Waals surface area contributed by atoms with Crippen LogP contribution < -0.4 is 4.74 Å². The monoisotopic (exact) mass is 380 g/mol. The molecule has 2 nitrogen and oxygen atoms in total. The number of fused-ring (bicyclic) bond motifs is 1. The van der Waals surface area contributed by atoms with Gasteiger partial charge in [-0.2, -0.15) is 0 Å². The highest BCUT2D eigenvalue weighted by molar-refractivity contribution is 7.22. The average Bonchev–Trinajstić information content (AvgIpc) is 3.07. The van der Waals surface area contributed by atoms with Crippen molar-refractivity contribution in [2.45, 2.75) is 0 Å². The van der Waals surface area contributed by atoms with Crippen LogP contribution >= 0.6 is 11.3 Å². The van der Waals surface area contributed by atoms with Crippen LogP contribution in [0.3, 0.4) is 0 Å². The Kier molecular flexibility index (Phi) is 4.46. The fourth-order valence-corrected chi connectivity index (χ4v) is 4.21. The Morgan fingerprint density at radius 3 is 2.15 bits per heavy atom. The van der Waals surface area contributed by atoms with Crippen molar-refractivity contribution in [2.24, 2.45) is 0 Å². The molecule has 0 bridgehead atoms. The highest BCUT2D eigenvalue weighted by atomic mass is 32.1. The van der Waals surface area contributed by atoms with Crippen molar-refractivity contribution in [1.29, 1.82) is 0 Å². The molecule has 5 heteroatoms. The molecule has 0 amide bonds. The third-order valence-corrected chi connectivity index (χ3v) is 5.54. The van der Waals surface area contributed by atoms with Crippen molar-refractivity contribution in [3.8, 4) is 16.2 Å². The number of thiophene rings is 1. The number of rotatable bonds is 4. The summed E-state index contributed by atoms with van der Waals surface area (Å²) in [7, 11) is 1.58. The summed E-state index contributed by atoms with van der Waals surface area (Å²) >= 11 is 1.44. The van der Waals surface area contributed by atoms with E-state index in [4.69, 9.17) is 4.74 Å². The van der Waals surface area contributed by atoms with Crippen molar-refractivity contribution in [1.82, 2.24) is 0 Å². The van der Waals surface area contributed by atoms with Crippen LogP contribution in [-0.2, 0) is 0 Å². The first-order valence-electron chi connectivity index (χ1n) is 8.23. The number of halogens is 2. The predicted octanol–water partition coefficient (Wildman–Crippen LogP) is 6.09. The maximum absolute atomic E-state index is 13.4. The lowest BCUT2D eigenvalue weighted by Gasteiger charge is -2.06. The Morgan fingerprint density at radius 1 is 0.889 bits per heavy atom. The van der Waals surface area contributed by atoms with Crippen molar-refractivity contribution in [3.05, 3.63) is 89.5 Å². The molecule has 0 radical (unpaired) electrons. The molecule has 0 N–H and O–H groups in total. The van der Waals surface area contributed by atoms with Crippen LogP contribution in [0.2, 0.25) is 0 Å². The van der Waals surface area contributed by atoms with Crippen molar-refractivity contribution in [2.75, 3.05) is 7.11 Å². The summed E-state index contributed by atoms with van der Waals surface area (Å²) in [6.45, 7) is 0. The van der Waals surface area contributed by atoms with E-state index in [1.54, 1.807) is 25.3 Å². The van der Waals surface area contributed by atoms with Crippen LogP contribution in [0.15, 0.2) is 66.7 Å². The van der Waals surface area contributed by atoms with E-state index in [0.717, 1.165) is 20.5 Å². The first kappa shape index (κ1) is 17.4. The number of benzene rings is 3. The smallest absolute Gasteiger partial charge is 0.195 e. The molecule has 1 aromatic heterocycles. The molecule has 4 rings (SSSR count). The molecular formula is C22H14F2O2S. The fraction of sp³-hybridized carbons (Fsp3) is 0.0455.